The van der Waals surface area contributed by atoms with E-state index in [9.17, 15) is 13.2 Å². The van der Waals surface area contributed by atoms with E-state index in [-0.39, 0.29) is 10.8 Å². The molecule has 1 fully saturated rings. The minimum atomic E-state index is -3.67. The molecule has 3 heterocycles. The number of carbonyl (C=O) groups is 1. The number of morpholine rings is 1. The van der Waals surface area contributed by atoms with Crippen LogP contribution in [0.4, 0.5) is 5.69 Å². The number of hydrogen-bond donors (Lipinski definition) is 0. The first kappa shape index (κ1) is 23.8. The van der Waals surface area contributed by atoms with E-state index in [4.69, 9.17) is 4.74 Å². The molecule has 0 atom stereocenters. The van der Waals surface area contributed by atoms with Gasteiger partial charge in [-0.1, -0.05) is 32.0 Å². The van der Waals surface area contributed by atoms with Gasteiger partial charge in [0.15, 0.2) is 0 Å². The van der Waals surface area contributed by atoms with Gasteiger partial charge < -0.3 is 14.2 Å². The average molecular weight is 494 g/mol. The summed E-state index contributed by atoms with van der Waals surface area (Å²) in [7, 11) is -3.67. The molecule has 0 spiro atoms. The maximum atomic E-state index is 13.5. The Balaban J connectivity index is 1.63. The lowest BCUT2D eigenvalue weighted by atomic mass is 10.0. The summed E-state index contributed by atoms with van der Waals surface area (Å²) in [4.78, 5) is 15.4. The fourth-order valence-electron chi connectivity index (χ4n) is 4.98. The summed E-state index contributed by atoms with van der Waals surface area (Å²) in [6.07, 6.45) is 4.01. The van der Waals surface area contributed by atoms with E-state index in [1.54, 1.807) is 23.1 Å². The molecule has 5 rings (SSSR count). The van der Waals surface area contributed by atoms with Crippen LogP contribution in [0.3, 0.4) is 0 Å². The van der Waals surface area contributed by atoms with Crippen LogP contribution in [0.2, 0.25) is 0 Å². The first-order chi connectivity index (χ1) is 16.8. The number of amides is 1. The number of fused-ring (bicyclic) bond motifs is 2. The SMILES string of the molecule is CCN1C(=O)/C(=C\c2cn(CC(C)C)c3ccccc23)c2cc(S(=O)(=O)N3CCOCC3)ccc21. The summed E-state index contributed by atoms with van der Waals surface area (Å²) in [5.74, 6) is 0.368. The topological polar surface area (TPSA) is 71.9 Å². The zero-order chi connectivity index (χ0) is 24.7. The van der Waals surface area contributed by atoms with Crippen LogP contribution in [0.15, 0.2) is 53.6 Å². The Hall–Kier alpha value is -2.94. The Bertz CT molecular complexity index is 1420. The van der Waals surface area contributed by atoms with Crippen molar-refractivity contribution in [3.63, 3.8) is 0 Å². The van der Waals surface area contributed by atoms with E-state index in [1.165, 1.54) is 4.31 Å². The normalized spacial score (nSPS) is 18.2. The van der Waals surface area contributed by atoms with Crippen LogP contribution < -0.4 is 4.90 Å². The number of hydrogen-bond acceptors (Lipinski definition) is 4. The van der Waals surface area contributed by atoms with Gasteiger partial charge in [0.2, 0.25) is 10.0 Å². The minimum absolute atomic E-state index is 0.107. The van der Waals surface area contributed by atoms with Crippen molar-refractivity contribution in [1.29, 1.82) is 0 Å². The maximum Gasteiger partial charge on any atom is 0.258 e. The Morgan fingerprint density at radius 1 is 1.09 bits per heavy atom. The van der Waals surface area contributed by atoms with Crippen molar-refractivity contribution in [3.8, 4) is 0 Å². The number of ether oxygens (including phenoxy) is 1. The van der Waals surface area contributed by atoms with Crippen LogP contribution in [0, 0.1) is 5.92 Å². The maximum absolute atomic E-state index is 13.5. The lowest BCUT2D eigenvalue weighted by molar-refractivity contribution is -0.112. The number of likely N-dealkylation sites (N-methyl/N-ethyl adjacent to an activating group) is 1. The van der Waals surface area contributed by atoms with Crippen molar-refractivity contribution in [3.05, 3.63) is 59.8 Å². The molecule has 8 heteroatoms. The fraction of sp³-hybridized carbons (Fsp3) is 0.370. The molecule has 1 amide bonds. The molecular weight excluding hydrogens is 462 g/mol. The van der Waals surface area contributed by atoms with Gasteiger partial charge in [-0.3, -0.25) is 4.79 Å². The lowest BCUT2D eigenvalue weighted by Gasteiger charge is -2.26. The largest absolute Gasteiger partial charge is 0.379 e. The van der Waals surface area contributed by atoms with Gasteiger partial charge in [0.05, 0.1) is 23.8 Å². The third kappa shape index (κ3) is 4.20. The van der Waals surface area contributed by atoms with Crippen LogP contribution in [0.1, 0.15) is 31.9 Å². The van der Waals surface area contributed by atoms with E-state index in [0.29, 0.717) is 49.9 Å². The summed E-state index contributed by atoms with van der Waals surface area (Å²) in [6, 6.07) is 13.2. The zero-order valence-corrected chi connectivity index (χ0v) is 21.2. The summed E-state index contributed by atoms with van der Waals surface area (Å²) in [5, 5.41) is 1.07. The molecule has 1 aromatic heterocycles. The number of benzene rings is 2. The van der Waals surface area contributed by atoms with E-state index >= 15 is 0 Å². The van der Waals surface area contributed by atoms with Crippen molar-refractivity contribution in [2.45, 2.75) is 32.2 Å². The monoisotopic (exact) mass is 493 g/mol. The molecule has 0 aliphatic carbocycles. The van der Waals surface area contributed by atoms with Crippen molar-refractivity contribution in [2.75, 3.05) is 37.7 Å². The van der Waals surface area contributed by atoms with E-state index in [0.717, 1.165) is 28.7 Å². The molecule has 0 unspecified atom stereocenters. The van der Waals surface area contributed by atoms with Gasteiger partial charge in [0, 0.05) is 60.0 Å². The van der Waals surface area contributed by atoms with Gasteiger partial charge in [0.1, 0.15) is 0 Å². The third-order valence-corrected chi connectivity index (χ3v) is 8.52. The van der Waals surface area contributed by atoms with Gasteiger partial charge >= 0.3 is 0 Å². The second kappa shape index (κ2) is 9.26. The quantitative estimate of drug-likeness (QED) is 0.482. The highest BCUT2D eigenvalue weighted by Crippen LogP contribution is 2.40. The van der Waals surface area contributed by atoms with Gasteiger partial charge in [0.25, 0.3) is 5.91 Å². The van der Waals surface area contributed by atoms with Crippen LogP contribution >= 0.6 is 0 Å². The predicted molar refractivity (Wildman–Crippen MR) is 139 cm³/mol. The number of para-hydroxylation sites is 1. The summed E-state index contributed by atoms with van der Waals surface area (Å²) in [5.41, 5.74) is 4.00. The van der Waals surface area contributed by atoms with Crippen LogP contribution in [0.25, 0.3) is 22.6 Å². The molecule has 3 aromatic rings. The van der Waals surface area contributed by atoms with Crippen molar-refractivity contribution in [2.24, 2.45) is 5.92 Å². The summed E-state index contributed by atoms with van der Waals surface area (Å²) >= 11 is 0. The summed E-state index contributed by atoms with van der Waals surface area (Å²) in [6.45, 7) is 9.10. The molecule has 184 valence electrons. The molecule has 2 aliphatic rings. The number of aromatic nitrogens is 1. The Morgan fingerprint density at radius 3 is 2.54 bits per heavy atom. The summed E-state index contributed by atoms with van der Waals surface area (Å²) < 4.78 is 35.6. The van der Waals surface area contributed by atoms with E-state index < -0.39 is 10.0 Å². The second-order valence-corrected chi connectivity index (χ2v) is 11.4. The van der Waals surface area contributed by atoms with Gasteiger partial charge in [-0.15, -0.1) is 0 Å². The van der Waals surface area contributed by atoms with Gasteiger partial charge in [-0.25, -0.2) is 8.42 Å². The Labute approximate surface area is 206 Å². The molecule has 35 heavy (non-hydrogen) atoms. The highest BCUT2D eigenvalue weighted by molar-refractivity contribution is 7.89. The molecular formula is C27H31N3O4S. The van der Waals surface area contributed by atoms with Crippen LogP contribution in [-0.2, 0) is 26.1 Å². The Kier molecular flexibility index (Phi) is 6.29. The minimum Gasteiger partial charge on any atom is -0.379 e. The standard InChI is InChI=1S/C27H31N3O4S/c1-4-30-26-10-9-21(35(32,33)29-11-13-34-14-12-29)16-23(26)24(27(30)31)15-20-18-28(17-19(2)3)25-8-6-5-7-22(20)25/h5-10,15-16,18-19H,4,11-14,17H2,1-3H3/b24-15-. The molecule has 0 radical (unpaired) electrons. The molecule has 2 aromatic carbocycles. The zero-order valence-electron chi connectivity index (χ0n) is 20.4. The molecule has 7 nitrogen and oxygen atoms in total. The highest BCUT2D eigenvalue weighted by atomic mass is 32.2. The Morgan fingerprint density at radius 2 is 1.83 bits per heavy atom. The fourth-order valence-corrected chi connectivity index (χ4v) is 6.41. The first-order valence-electron chi connectivity index (χ1n) is 12.1. The van der Waals surface area contributed by atoms with E-state index in [2.05, 4.69) is 36.7 Å². The average Bonchev–Trinajstić information content (AvgIpc) is 3.33. The molecule has 1 saturated heterocycles. The predicted octanol–water partition coefficient (Wildman–Crippen LogP) is 4.23. The number of rotatable bonds is 6. The van der Waals surface area contributed by atoms with Crippen molar-refractivity contribution >= 4 is 44.2 Å². The molecule has 0 bridgehead atoms. The van der Waals surface area contributed by atoms with Gasteiger partial charge in [-0.05, 0) is 43.2 Å². The van der Waals surface area contributed by atoms with Crippen molar-refractivity contribution < 1.29 is 17.9 Å². The van der Waals surface area contributed by atoms with Crippen molar-refractivity contribution in [1.82, 2.24) is 8.87 Å². The van der Waals surface area contributed by atoms with Gasteiger partial charge in [-0.2, -0.15) is 4.31 Å². The number of anilines is 1. The number of nitrogens with zero attached hydrogens (tertiary/aromatic N) is 3. The van der Waals surface area contributed by atoms with E-state index in [1.807, 2.05) is 25.1 Å². The number of carbonyl (C=O) groups excluding carboxylic acids is 1. The highest BCUT2D eigenvalue weighted by Gasteiger charge is 2.34. The molecule has 0 saturated carbocycles. The lowest BCUT2D eigenvalue weighted by Crippen LogP contribution is -2.40. The number of sulfonamides is 1. The van der Waals surface area contributed by atoms with Crippen LogP contribution in [0.5, 0.6) is 0 Å². The molecule has 0 N–H and O–H groups in total. The smallest absolute Gasteiger partial charge is 0.258 e. The first-order valence-corrected chi connectivity index (χ1v) is 13.6. The second-order valence-electron chi connectivity index (χ2n) is 9.45. The van der Waals surface area contributed by atoms with Crippen LogP contribution in [-0.4, -0.2) is 56.0 Å². The molecule has 2 aliphatic heterocycles. The third-order valence-electron chi connectivity index (χ3n) is 6.63.